The maximum absolute atomic E-state index is 12.3. The molecule has 5 nitrogen and oxygen atoms in total. The van der Waals surface area contributed by atoms with Gasteiger partial charge in [0.15, 0.2) is 28.8 Å². The number of ketones is 1. The molecule has 0 aliphatic heterocycles. The van der Waals surface area contributed by atoms with Gasteiger partial charge in [0.05, 0.1) is 25.8 Å². The fraction of sp³-hybridized carbons (Fsp3) is 0.211. The number of hydrogen-bond acceptors (Lipinski definition) is 5. The van der Waals surface area contributed by atoms with Crippen LogP contribution >= 0.6 is 11.6 Å². The molecule has 0 heterocycles. The van der Waals surface area contributed by atoms with Crippen molar-refractivity contribution >= 4 is 23.5 Å². The lowest BCUT2D eigenvalue weighted by atomic mass is 10.1. The van der Waals surface area contributed by atoms with Crippen LogP contribution in [-0.2, 0) is 0 Å². The molecule has 0 aromatic heterocycles. The Morgan fingerprint density at radius 2 is 1.92 bits per heavy atom. The largest absolute Gasteiger partial charge is 0.504 e. The fourth-order valence-electron chi connectivity index (χ4n) is 2.24. The molecule has 25 heavy (non-hydrogen) atoms. The third kappa shape index (κ3) is 4.45. The highest BCUT2D eigenvalue weighted by molar-refractivity contribution is 6.32. The minimum absolute atomic E-state index is 0.0219. The first-order valence-corrected chi connectivity index (χ1v) is 7.97. The van der Waals surface area contributed by atoms with E-state index in [1.807, 2.05) is 6.92 Å². The second kappa shape index (κ2) is 8.44. The maximum Gasteiger partial charge on any atom is 0.185 e. The van der Waals surface area contributed by atoms with E-state index in [9.17, 15) is 9.90 Å². The summed E-state index contributed by atoms with van der Waals surface area (Å²) in [5.41, 5.74) is 1.10. The first kappa shape index (κ1) is 18.7. The second-order valence-electron chi connectivity index (χ2n) is 5.05. The molecule has 0 atom stereocenters. The van der Waals surface area contributed by atoms with Gasteiger partial charge in [0.1, 0.15) is 0 Å². The lowest BCUT2D eigenvalue weighted by Crippen LogP contribution is -1.97. The second-order valence-corrected chi connectivity index (χ2v) is 5.46. The normalized spacial score (nSPS) is 10.7. The molecule has 0 aliphatic carbocycles. The fourth-order valence-corrected chi connectivity index (χ4v) is 2.54. The molecule has 0 saturated carbocycles. The van der Waals surface area contributed by atoms with Crippen LogP contribution in [0.15, 0.2) is 36.4 Å². The predicted molar refractivity (Wildman–Crippen MR) is 97.2 cm³/mol. The first-order valence-electron chi connectivity index (χ1n) is 7.59. The van der Waals surface area contributed by atoms with E-state index in [-0.39, 0.29) is 17.3 Å². The molecule has 2 rings (SSSR count). The number of benzene rings is 2. The Kier molecular flexibility index (Phi) is 6.31. The van der Waals surface area contributed by atoms with Gasteiger partial charge in [-0.05, 0) is 48.9 Å². The summed E-state index contributed by atoms with van der Waals surface area (Å²) in [4.78, 5) is 12.3. The molecule has 2 aromatic rings. The summed E-state index contributed by atoms with van der Waals surface area (Å²) in [6.07, 6.45) is 3.05. The number of rotatable bonds is 7. The molecule has 0 aliphatic rings. The molecule has 132 valence electrons. The van der Waals surface area contributed by atoms with Gasteiger partial charge in [0.2, 0.25) is 0 Å². The van der Waals surface area contributed by atoms with Crippen LogP contribution in [0, 0.1) is 0 Å². The number of methoxy groups -OCH3 is 2. The van der Waals surface area contributed by atoms with Crippen LogP contribution in [0.5, 0.6) is 23.0 Å². The van der Waals surface area contributed by atoms with Crippen molar-refractivity contribution in [3.8, 4) is 23.0 Å². The van der Waals surface area contributed by atoms with Crippen LogP contribution in [0.1, 0.15) is 22.8 Å². The van der Waals surface area contributed by atoms with Gasteiger partial charge in [0.25, 0.3) is 0 Å². The van der Waals surface area contributed by atoms with E-state index in [2.05, 4.69) is 0 Å². The minimum atomic E-state index is -0.233. The van der Waals surface area contributed by atoms with Crippen molar-refractivity contribution in [3.05, 3.63) is 52.6 Å². The molecule has 0 spiro atoms. The van der Waals surface area contributed by atoms with Crippen molar-refractivity contribution in [2.24, 2.45) is 0 Å². The van der Waals surface area contributed by atoms with Crippen LogP contribution in [-0.4, -0.2) is 31.7 Å². The van der Waals surface area contributed by atoms with Gasteiger partial charge in [-0.25, -0.2) is 0 Å². The number of ether oxygens (including phenoxy) is 3. The number of phenols is 1. The molecular formula is C19H19ClO5. The molecule has 0 amide bonds. The zero-order valence-corrected chi connectivity index (χ0v) is 15.0. The van der Waals surface area contributed by atoms with E-state index in [1.165, 1.54) is 38.5 Å². The van der Waals surface area contributed by atoms with E-state index < -0.39 is 0 Å². The Labute approximate surface area is 151 Å². The number of phenolic OH excluding ortho intramolecular Hbond substituents is 1. The van der Waals surface area contributed by atoms with Crippen LogP contribution in [0.2, 0.25) is 5.02 Å². The molecule has 1 N–H and O–H groups in total. The molecule has 6 heteroatoms. The number of carbonyl (C=O) groups is 1. The van der Waals surface area contributed by atoms with Gasteiger partial charge < -0.3 is 19.3 Å². The summed E-state index contributed by atoms with van der Waals surface area (Å²) in [5, 5.41) is 9.99. The lowest BCUT2D eigenvalue weighted by molar-refractivity contribution is 0.104. The first-order chi connectivity index (χ1) is 12.0. The number of aromatic hydroxyl groups is 1. The summed E-state index contributed by atoms with van der Waals surface area (Å²) in [7, 11) is 2.94. The van der Waals surface area contributed by atoms with Crippen molar-refractivity contribution in [3.63, 3.8) is 0 Å². The number of halogens is 1. The zero-order chi connectivity index (χ0) is 18.4. The molecule has 0 radical (unpaired) electrons. The Morgan fingerprint density at radius 3 is 2.56 bits per heavy atom. The van der Waals surface area contributed by atoms with E-state index in [0.717, 1.165) is 0 Å². The third-order valence-corrected chi connectivity index (χ3v) is 3.71. The summed E-state index contributed by atoms with van der Waals surface area (Å²) in [6, 6.07) is 7.85. The van der Waals surface area contributed by atoms with Crippen molar-refractivity contribution in [1.82, 2.24) is 0 Å². The van der Waals surface area contributed by atoms with Crippen molar-refractivity contribution in [2.45, 2.75) is 6.92 Å². The summed E-state index contributed by atoms with van der Waals surface area (Å²) < 4.78 is 15.7. The quantitative estimate of drug-likeness (QED) is 0.585. The molecule has 2 aromatic carbocycles. The van der Waals surface area contributed by atoms with Gasteiger partial charge in [-0.15, -0.1) is 0 Å². The van der Waals surface area contributed by atoms with Gasteiger partial charge in [0, 0.05) is 5.56 Å². The summed E-state index contributed by atoms with van der Waals surface area (Å²) in [5.74, 6) is 0.950. The van der Waals surface area contributed by atoms with E-state index >= 15 is 0 Å². The Morgan fingerprint density at radius 1 is 1.16 bits per heavy atom. The van der Waals surface area contributed by atoms with Gasteiger partial charge in [-0.1, -0.05) is 17.7 Å². The smallest absolute Gasteiger partial charge is 0.185 e. The Bertz CT molecular complexity index is 799. The highest BCUT2D eigenvalue weighted by Gasteiger charge is 2.11. The molecule has 0 fully saturated rings. The van der Waals surface area contributed by atoms with Crippen LogP contribution < -0.4 is 14.2 Å². The standard InChI is InChI=1S/C19H19ClO5/c1-4-25-18-10-12(9-14(20)19(18)24-3)5-7-15(21)13-6-8-16(22)17(11-13)23-2/h5-11,22H,4H2,1-3H3/b7-5+. The number of carbonyl (C=O) groups excluding carboxylic acids is 1. The highest BCUT2D eigenvalue weighted by Crippen LogP contribution is 2.36. The SMILES string of the molecule is CCOc1cc(/C=C/C(=O)c2ccc(O)c(OC)c2)cc(Cl)c1OC. The summed E-state index contributed by atoms with van der Waals surface area (Å²) >= 11 is 6.19. The highest BCUT2D eigenvalue weighted by atomic mass is 35.5. The van der Waals surface area contributed by atoms with Crippen LogP contribution in [0.4, 0.5) is 0 Å². The monoisotopic (exact) mass is 362 g/mol. The van der Waals surface area contributed by atoms with E-state index in [4.69, 9.17) is 25.8 Å². The molecule has 0 saturated heterocycles. The average Bonchev–Trinajstić information content (AvgIpc) is 2.60. The Balaban J connectivity index is 2.28. The van der Waals surface area contributed by atoms with Crippen LogP contribution in [0.3, 0.4) is 0 Å². The van der Waals surface area contributed by atoms with Crippen molar-refractivity contribution in [2.75, 3.05) is 20.8 Å². The molecule has 0 bridgehead atoms. The number of allylic oxidation sites excluding steroid dienone is 1. The summed E-state index contributed by atoms with van der Waals surface area (Å²) in [6.45, 7) is 2.32. The van der Waals surface area contributed by atoms with Gasteiger partial charge in [-0.2, -0.15) is 0 Å². The van der Waals surface area contributed by atoms with Crippen molar-refractivity contribution in [1.29, 1.82) is 0 Å². The topological polar surface area (TPSA) is 65.0 Å². The van der Waals surface area contributed by atoms with E-state index in [0.29, 0.717) is 34.3 Å². The zero-order valence-electron chi connectivity index (χ0n) is 14.2. The van der Waals surface area contributed by atoms with Gasteiger partial charge in [-0.3, -0.25) is 4.79 Å². The van der Waals surface area contributed by atoms with E-state index in [1.54, 1.807) is 18.2 Å². The molecule has 0 unspecified atom stereocenters. The third-order valence-electron chi connectivity index (χ3n) is 3.43. The molecular weight excluding hydrogens is 344 g/mol. The number of hydrogen-bond donors (Lipinski definition) is 1. The maximum atomic E-state index is 12.3. The van der Waals surface area contributed by atoms with Crippen LogP contribution in [0.25, 0.3) is 6.08 Å². The Hall–Kier alpha value is -2.66. The van der Waals surface area contributed by atoms with Crippen molar-refractivity contribution < 1.29 is 24.1 Å². The lowest BCUT2D eigenvalue weighted by Gasteiger charge is -2.11. The predicted octanol–water partition coefficient (Wildman–Crippen LogP) is 4.36. The minimum Gasteiger partial charge on any atom is -0.504 e. The van der Waals surface area contributed by atoms with Gasteiger partial charge >= 0.3 is 0 Å². The average molecular weight is 363 g/mol.